The van der Waals surface area contributed by atoms with Crippen molar-refractivity contribution in [3.8, 4) is 0 Å². The Hall–Kier alpha value is -1.46. The van der Waals surface area contributed by atoms with Gasteiger partial charge in [-0.3, -0.25) is 0 Å². The van der Waals surface area contributed by atoms with Gasteiger partial charge >= 0.3 is 0 Å². The van der Waals surface area contributed by atoms with Crippen LogP contribution in [-0.2, 0) is 0 Å². The van der Waals surface area contributed by atoms with Gasteiger partial charge in [-0.1, -0.05) is 30.4 Å². The molecule has 0 aliphatic heterocycles. The molecule has 0 radical (unpaired) electrons. The van der Waals surface area contributed by atoms with Crippen molar-refractivity contribution in [2.45, 2.75) is 19.8 Å². The molecule has 3 nitrogen and oxygen atoms in total. The molecule has 0 fully saturated rings. The van der Waals surface area contributed by atoms with E-state index >= 15 is 0 Å². The summed E-state index contributed by atoms with van der Waals surface area (Å²) in [6, 6.07) is 6.30. The highest BCUT2D eigenvalue weighted by Crippen LogP contribution is 2.28. The van der Waals surface area contributed by atoms with E-state index in [1.807, 2.05) is 11.6 Å². The topological polar surface area (TPSA) is 37.8 Å². The first-order chi connectivity index (χ1) is 9.24. The van der Waals surface area contributed by atoms with Crippen molar-refractivity contribution in [3.05, 3.63) is 40.3 Å². The summed E-state index contributed by atoms with van der Waals surface area (Å²) < 4.78 is 1.24. The number of anilines is 1. The maximum absolute atomic E-state index is 4.66. The second-order valence-electron chi connectivity index (χ2n) is 4.59. The Morgan fingerprint density at radius 1 is 1.37 bits per heavy atom. The molecule has 0 saturated heterocycles. The third-order valence-electron chi connectivity index (χ3n) is 3.05. The van der Waals surface area contributed by atoms with Crippen LogP contribution in [0.25, 0.3) is 10.2 Å². The summed E-state index contributed by atoms with van der Waals surface area (Å²) >= 11 is 3.42. The summed E-state index contributed by atoms with van der Waals surface area (Å²) in [7, 11) is 0. The molecule has 2 heterocycles. The number of nitrogens with zero attached hydrogens (tertiary/aromatic N) is 2. The molecule has 0 amide bonds. The quantitative estimate of drug-likeness (QED) is 0.779. The number of aromatic nitrogens is 2. The molecule has 19 heavy (non-hydrogen) atoms. The monoisotopic (exact) mass is 289 g/mol. The van der Waals surface area contributed by atoms with E-state index in [0.717, 1.165) is 17.2 Å². The number of nitrogens with one attached hydrogen (secondary N) is 1. The summed E-state index contributed by atoms with van der Waals surface area (Å²) in [6.07, 6.45) is 1.86. The zero-order valence-corrected chi connectivity index (χ0v) is 12.5. The van der Waals surface area contributed by atoms with Crippen molar-refractivity contribution < 1.29 is 0 Å². The fourth-order valence-electron chi connectivity index (χ4n) is 1.97. The Kier molecular flexibility index (Phi) is 3.48. The van der Waals surface area contributed by atoms with Gasteiger partial charge in [0, 0.05) is 24.0 Å². The Balaban J connectivity index is 1.73. The van der Waals surface area contributed by atoms with Crippen LogP contribution in [0.1, 0.15) is 23.4 Å². The van der Waals surface area contributed by atoms with Crippen molar-refractivity contribution in [2.24, 2.45) is 0 Å². The molecule has 2 aromatic heterocycles. The first-order valence-electron chi connectivity index (χ1n) is 6.23. The number of rotatable bonds is 4. The molecule has 1 N–H and O–H groups in total. The number of fused-ring (bicyclic) bond motifs is 1. The summed E-state index contributed by atoms with van der Waals surface area (Å²) in [6.45, 7) is 5.15. The number of hydrogen-bond donors (Lipinski definition) is 1. The summed E-state index contributed by atoms with van der Waals surface area (Å²) in [5.74, 6) is 0.410. The van der Waals surface area contributed by atoms with Gasteiger partial charge in [-0.15, -0.1) is 11.3 Å². The van der Waals surface area contributed by atoms with Crippen LogP contribution in [0.15, 0.2) is 29.8 Å². The molecule has 0 aliphatic rings. The lowest BCUT2D eigenvalue weighted by Crippen LogP contribution is -2.09. The van der Waals surface area contributed by atoms with Crippen LogP contribution < -0.4 is 5.32 Å². The average molecular weight is 289 g/mol. The number of benzene rings is 1. The van der Waals surface area contributed by atoms with Gasteiger partial charge in [0.25, 0.3) is 0 Å². The van der Waals surface area contributed by atoms with Crippen LogP contribution in [0.3, 0.4) is 0 Å². The highest BCUT2D eigenvalue weighted by molar-refractivity contribution is 7.22. The van der Waals surface area contributed by atoms with E-state index in [-0.39, 0.29) is 0 Å². The molecule has 0 saturated carbocycles. The number of thiazole rings is 2. The lowest BCUT2D eigenvalue weighted by atomic mass is 10.2. The Labute approximate surface area is 120 Å². The molecule has 5 heteroatoms. The van der Waals surface area contributed by atoms with E-state index in [9.17, 15) is 0 Å². The van der Waals surface area contributed by atoms with Crippen LogP contribution in [0.4, 0.5) is 5.13 Å². The van der Waals surface area contributed by atoms with Gasteiger partial charge in [0.1, 0.15) is 0 Å². The number of hydrogen-bond acceptors (Lipinski definition) is 5. The standard InChI is InChI=1S/C14H15N3S2/c1-9-4-3-5-11-12(9)17-14(19-11)16-8-10(2)13-15-6-7-18-13/h3-7,10H,8H2,1-2H3,(H,16,17). The molecule has 1 aromatic carbocycles. The Morgan fingerprint density at radius 3 is 3.00 bits per heavy atom. The lowest BCUT2D eigenvalue weighted by Gasteiger charge is -2.08. The van der Waals surface area contributed by atoms with Gasteiger partial charge in [-0.05, 0) is 18.6 Å². The highest BCUT2D eigenvalue weighted by atomic mass is 32.1. The van der Waals surface area contributed by atoms with Crippen LogP contribution in [-0.4, -0.2) is 16.5 Å². The van der Waals surface area contributed by atoms with Crippen LogP contribution >= 0.6 is 22.7 Å². The van der Waals surface area contributed by atoms with Gasteiger partial charge in [0.15, 0.2) is 5.13 Å². The fourth-order valence-corrected chi connectivity index (χ4v) is 3.62. The summed E-state index contributed by atoms with van der Waals surface area (Å²) in [5.41, 5.74) is 2.34. The molecule has 3 rings (SSSR count). The van der Waals surface area contributed by atoms with Crippen molar-refractivity contribution >= 4 is 38.0 Å². The van der Waals surface area contributed by atoms with Crippen LogP contribution in [0, 0.1) is 6.92 Å². The second-order valence-corrected chi connectivity index (χ2v) is 6.55. The fraction of sp³-hybridized carbons (Fsp3) is 0.286. The van der Waals surface area contributed by atoms with Gasteiger partial charge in [-0.2, -0.15) is 0 Å². The molecule has 98 valence electrons. The van der Waals surface area contributed by atoms with Gasteiger partial charge in [0.2, 0.25) is 0 Å². The second kappa shape index (κ2) is 5.27. The zero-order chi connectivity index (χ0) is 13.2. The summed E-state index contributed by atoms with van der Waals surface area (Å²) in [4.78, 5) is 9.00. The molecule has 1 unspecified atom stereocenters. The molecular weight excluding hydrogens is 274 g/mol. The molecule has 0 aliphatic carbocycles. The van der Waals surface area contributed by atoms with E-state index in [2.05, 4.69) is 47.3 Å². The number of para-hydroxylation sites is 1. The molecule has 0 bridgehead atoms. The van der Waals surface area contributed by atoms with Crippen molar-refractivity contribution in [3.63, 3.8) is 0 Å². The van der Waals surface area contributed by atoms with Gasteiger partial charge in [0.05, 0.1) is 15.2 Å². The molecule has 0 spiro atoms. The summed E-state index contributed by atoms with van der Waals surface area (Å²) in [5, 5.41) is 7.61. The van der Waals surface area contributed by atoms with E-state index < -0.39 is 0 Å². The molecule has 3 aromatic rings. The van der Waals surface area contributed by atoms with Gasteiger partial charge in [-0.25, -0.2) is 9.97 Å². The minimum Gasteiger partial charge on any atom is -0.361 e. The first-order valence-corrected chi connectivity index (χ1v) is 7.93. The largest absolute Gasteiger partial charge is 0.361 e. The van der Waals surface area contributed by atoms with Gasteiger partial charge < -0.3 is 5.32 Å². The van der Waals surface area contributed by atoms with E-state index in [4.69, 9.17) is 0 Å². The minimum absolute atomic E-state index is 0.410. The van der Waals surface area contributed by atoms with Crippen molar-refractivity contribution in [1.29, 1.82) is 0 Å². The van der Waals surface area contributed by atoms with Crippen molar-refractivity contribution in [2.75, 3.05) is 11.9 Å². The average Bonchev–Trinajstić information content (AvgIpc) is 3.05. The SMILES string of the molecule is Cc1cccc2sc(NCC(C)c3nccs3)nc12. The smallest absolute Gasteiger partial charge is 0.183 e. The number of aryl methyl sites for hydroxylation is 1. The van der Waals surface area contributed by atoms with Crippen LogP contribution in [0.5, 0.6) is 0 Å². The minimum atomic E-state index is 0.410. The maximum atomic E-state index is 4.66. The van der Waals surface area contributed by atoms with Crippen molar-refractivity contribution in [1.82, 2.24) is 9.97 Å². The predicted molar refractivity (Wildman–Crippen MR) is 83.4 cm³/mol. The first kappa shape index (κ1) is 12.6. The predicted octanol–water partition coefficient (Wildman–Crippen LogP) is 4.28. The van der Waals surface area contributed by atoms with E-state index in [1.54, 1.807) is 22.7 Å². The van der Waals surface area contributed by atoms with E-state index in [0.29, 0.717) is 5.92 Å². The third-order valence-corrected chi connectivity index (χ3v) is 5.04. The zero-order valence-electron chi connectivity index (χ0n) is 10.9. The highest BCUT2D eigenvalue weighted by Gasteiger charge is 2.10. The Morgan fingerprint density at radius 2 is 2.26 bits per heavy atom. The maximum Gasteiger partial charge on any atom is 0.183 e. The Bertz CT molecular complexity index is 673. The van der Waals surface area contributed by atoms with Crippen LogP contribution in [0.2, 0.25) is 0 Å². The normalized spacial score (nSPS) is 12.7. The lowest BCUT2D eigenvalue weighted by molar-refractivity contribution is 0.794. The third kappa shape index (κ3) is 2.62. The molecule has 1 atom stereocenters. The van der Waals surface area contributed by atoms with E-state index in [1.165, 1.54) is 15.3 Å². The molecular formula is C14H15N3S2.